The zero-order valence-electron chi connectivity index (χ0n) is 13.5. The van der Waals surface area contributed by atoms with Crippen molar-refractivity contribution in [1.82, 2.24) is 10.2 Å². The first-order valence-corrected chi connectivity index (χ1v) is 7.94. The molecule has 0 bridgehead atoms. The second kappa shape index (κ2) is 7.21. The van der Waals surface area contributed by atoms with Gasteiger partial charge < -0.3 is 19.4 Å². The van der Waals surface area contributed by atoms with Crippen LogP contribution in [-0.2, 0) is 4.79 Å². The highest BCUT2D eigenvalue weighted by molar-refractivity contribution is 5.96. The van der Waals surface area contributed by atoms with Crippen LogP contribution in [0.3, 0.4) is 0 Å². The maximum atomic E-state index is 12.5. The highest BCUT2D eigenvalue weighted by Gasteiger charge is 2.31. The summed E-state index contributed by atoms with van der Waals surface area (Å²) in [5.74, 6) is 0.993. The van der Waals surface area contributed by atoms with Crippen molar-refractivity contribution >= 4 is 11.8 Å². The van der Waals surface area contributed by atoms with Crippen LogP contribution in [0.4, 0.5) is 0 Å². The standard InChI is InChI=1S/C18H20N2O4/c1-23-14-6-2-5-13(11-14)18(22)19-12-17(21)20-9-3-7-15(20)16-8-4-10-24-16/h2,4-6,8,10-11,15H,3,7,9,12H2,1H3,(H,19,22)/t15-/m0/s1. The highest BCUT2D eigenvalue weighted by Crippen LogP contribution is 2.31. The summed E-state index contributed by atoms with van der Waals surface area (Å²) in [5, 5.41) is 2.68. The number of methoxy groups -OCH3 is 1. The molecule has 0 spiro atoms. The van der Waals surface area contributed by atoms with Crippen molar-refractivity contribution in [3.63, 3.8) is 0 Å². The van der Waals surface area contributed by atoms with Gasteiger partial charge in [0.2, 0.25) is 5.91 Å². The second-order valence-electron chi connectivity index (χ2n) is 5.68. The van der Waals surface area contributed by atoms with Crippen LogP contribution in [-0.4, -0.2) is 36.9 Å². The highest BCUT2D eigenvalue weighted by atomic mass is 16.5. The lowest BCUT2D eigenvalue weighted by Gasteiger charge is -2.23. The lowest BCUT2D eigenvalue weighted by molar-refractivity contribution is -0.131. The summed E-state index contributed by atoms with van der Waals surface area (Å²) in [7, 11) is 1.54. The summed E-state index contributed by atoms with van der Waals surface area (Å²) < 4.78 is 10.5. The Bertz CT molecular complexity index is 712. The molecule has 24 heavy (non-hydrogen) atoms. The van der Waals surface area contributed by atoms with Gasteiger partial charge in [0.15, 0.2) is 0 Å². The fraction of sp³-hybridized carbons (Fsp3) is 0.333. The number of nitrogens with one attached hydrogen (secondary N) is 1. The number of carbonyl (C=O) groups excluding carboxylic acids is 2. The molecule has 6 heteroatoms. The van der Waals surface area contributed by atoms with Gasteiger partial charge in [-0.1, -0.05) is 6.07 Å². The number of likely N-dealkylation sites (tertiary alicyclic amines) is 1. The Morgan fingerprint density at radius 1 is 1.33 bits per heavy atom. The lowest BCUT2D eigenvalue weighted by atomic mass is 10.1. The predicted molar refractivity (Wildman–Crippen MR) is 87.7 cm³/mol. The number of amides is 2. The average Bonchev–Trinajstić information content (AvgIpc) is 3.30. The van der Waals surface area contributed by atoms with E-state index in [0.29, 0.717) is 17.9 Å². The summed E-state index contributed by atoms with van der Waals surface area (Å²) in [5.41, 5.74) is 0.464. The topological polar surface area (TPSA) is 71.8 Å². The molecule has 1 aliphatic rings. The summed E-state index contributed by atoms with van der Waals surface area (Å²) in [6, 6.07) is 10.5. The lowest BCUT2D eigenvalue weighted by Crippen LogP contribution is -2.39. The van der Waals surface area contributed by atoms with Crippen LogP contribution in [0.1, 0.15) is 35.0 Å². The van der Waals surface area contributed by atoms with Gasteiger partial charge in [-0.3, -0.25) is 9.59 Å². The van der Waals surface area contributed by atoms with Crippen molar-refractivity contribution < 1.29 is 18.7 Å². The van der Waals surface area contributed by atoms with Crippen molar-refractivity contribution in [2.75, 3.05) is 20.2 Å². The fourth-order valence-corrected chi connectivity index (χ4v) is 2.97. The summed E-state index contributed by atoms with van der Waals surface area (Å²) in [6.45, 7) is 0.645. The van der Waals surface area contributed by atoms with Gasteiger partial charge >= 0.3 is 0 Å². The van der Waals surface area contributed by atoms with Gasteiger partial charge in [-0.2, -0.15) is 0 Å². The molecule has 1 atom stereocenters. The Hall–Kier alpha value is -2.76. The molecule has 2 aromatic rings. The molecule has 1 saturated heterocycles. The van der Waals surface area contributed by atoms with E-state index in [1.807, 2.05) is 12.1 Å². The Morgan fingerprint density at radius 2 is 2.21 bits per heavy atom. The van der Waals surface area contributed by atoms with E-state index in [9.17, 15) is 9.59 Å². The number of ether oxygens (including phenoxy) is 1. The number of hydrogen-bond donors (Lipinski definition) is 1. The summed E-state index contributed by atoms with van der Waals surface area (Å²) in [4.78, 5) is 26.4. The molecule has 1 fully saturated rings. The molecule has 1 aromatic heterocycles. The number of carbonyl (C=O) groups is 2. The maximum absolute atomic E-state index is 12.5. The molecular formula is C18H20N2O4. The van der Waals surface area contributed by atoms with Crippen molar-refractivity contribution in [2.45, 2.75) is 18.9 Å². The van der Waals surface area contributed by atoms with E-state index in [2.05, 4.69) is 5.32 Å². The summed E-state index contributed by atoms with van der Waals surface area (Å²) in [6.07, 6.45) is 3.42. The molecule has 6 nitrogen and oxygen atoms in total. The third-order valence-electron chi connectivity index (χ3n) is 4.18. The molecule has 0 saturated carbocycles. The van der Waals surface area contributed by atoms with E-state index < -0.39 is 0 Å². The molecule has 0 aliphatic carbocycles. The molecule has 1 N–H and O–H groups in total. The molecular weight excluding hydrogens is 308 g/mol. The van der Waals surface area contributed by atoms with Gasteiger partial charge in [0.05, 0.1) is 26.0 Å². The zero-order valence-corrected chi connectivity index (χ0v) is 13.5. The predicted octanol–water partition coefficient (Wildman–Crippen LogP) is 2.38. The van der Waals surface area contributed by atoms with Crippen molar-refractivity contribution in [1.29, 1.82) is 0 Å². The Labute approximate surface area is 140 Å². The molecule has 126 valence electrons. The number of nitrogens with zero attached hydrogens (tertiary/aromatic N) is 1. The van der Waals surface area contributed by atoms with Gasteiger partial charge in [0.1, 0.15) is 11.5 Å². The first-order chi connectivity index (χ1) is 11.7. The van der Waals surface area contributed by atoms with E-state index >= 15 is 0 Å². The van der Waals surface area contributed by atoms with Crippen molar-refractivity contribution in [3.8, 4) is 5.75 Å². The quantitative estimate of drug-likeness (QED) is 0.915. The van der Waals surface area contributed by atoms with Crippen LogP contribution in [0.25, 0.3) is 0 Å². The second-order valence-corrected chi connectivity index (χ2v) is 5.68. The molecule has 0 radical (unpaired) electrons. The number of rotatable bonds is 5. The Kier molecular flexibility index (Phi) is 4.84. The summed E-state index contributed by atoms with van der Waals surface area (Å²) >= 11 is 0. The van der Waals surface area contributed by atoms with Crippen LogP contribution >= 0.6 is 0 Å². The third-order valence-corrected chi connectivity index (χ3v) is 4.18. The van der Waals surface area contributed by atoms with Gasteiger partial charge in [-0.05, 0) is 43.2 Å². The van der Waals surface area contributed by atoms with Gasteiger partial charge in [0.25, 0.3) is 5.91 Å². The molecule has 2 heterocycles. The molecule has 0 unspecified atom stereocenters. The maximum Gasteiger partial charge on any atom is 0.251 e. The van der Waals surface area contributed by atoms with E-state index in [1.54, 1.807) is 42.5 Å². The fourth-order valence-electron chi connectivity index (χ4n) is 2.97. The number of hydrogen-bond acceptors (Lipinski definition) is 4. The molecule has 2 amide bonds. The van der Waals surface area contributed by atoms with Gasteiger partial charge in [0, 0.05) is 12.1 Å². The SMILES string of the molecule is COc1cccc(C(=O)NCC(=O)N2CCC[C@H]2c2ccco2)c1. The van der Waals surface area contributed by atoms with Crippen LogP contribution in [0.5, 0.6) is 5.75 Å². The zero-order chi connectivity index (χ0) is 16.9. The van der Waals surface area contributed by atoms with E-state index in [-0.39, 0.29) is 24.4 Å². The smallest absolute Gasteiger partial charge is 0.251 e. The Balaban J connectivity index is 1.59. The molecule has 1 aliphatic heterocycles. The minimum absolute atomic E-state index is 0.0345. The number of benzene rings is 1. The minimum atomic E-state index is -0.295. The van der Waals surface area contributed by atoms with Crippen molar-refractivity contribution in [3.05, 3.63) is 54.0 Å². The molecule has 3 rings (SSSR count). The van der Waals surface area contributed by atoms with Crippen LogP contribution < -0.4 is 10.1 Å². The van der Waals surface area contributed by atoms with E-state index in [4.69, 9.17) is 9.15 Å². The monoisotopic (exact) mass is 328 g/mol. The van der Waals surface area contributed by atoms with E-state index in [0.717, 1.165) is 18.6 Å². The Morgan fingerprint density at radius 3 is 2.96 bits per heavy atom. The van der Waals surface area contributed by atoms with E-state index in [1.165, 1.54) is 0 Å². The largest absolute Gasteiger partial charge is 0.497 e. The van der Waals surface area contributed by atoms with Crippen molar-refractivity contribution in [2.24, 2.45) is 0 Å². The first-order valence-electron chi connectivity index (χ1n) is 7.94. The van der Waals surface area contributed by atoms with Gasteiger partial charge in [-0.25, -0.2) is 0 Å². The average molecular weight is 328 g/mol. The normalized spacial score (nSPS) is 16.9. The van der Waals surface area contributed by atoms with Crippen LogP contribution in [0, 0.1) is 0 Å². The molecule has 1 aromatic carbocycles. The van der Waals surface area contributed by atoms with Crippen LogP contribution in [0.15, 0.2) is 47.1 Å². The first kappa shape index (κ1) is 16.1. The number of furan rings is 1. The van der Waals surface area contributed by atoms with Gasteiger partial charge in [-0.15, -0.1) is 0 Å². The van der Waals surface area contributed by atoms with Crippen LogP contribution in [0.2, 0.25) is 0 Å². The minimum Gasteiger partial charge on any atom is -0.497 e. The third kappa shape index (κ3) is 3.42.